The van der Waals surface area contributed by atoms with E-state index in [2.05, 4.69) is 25.8 Å². The van der Waals surface area contributed by atoms with Crippen LogP contribution in [0.1, 0.15) is 5.89 Å². The number of nitrogens with zero attached hydrogens (tertiary/aromatic N) is 5. The van der Waals surface area contributed by atoms with Crippen molar-refractivity contribution in [2.45, 2.75) is 5.75 Å². The molecule has 39 heavy (non-hydrogen) atoms. The van der Waals surface area contributed by atoms with Crippen LogP contribution in [0.5, 0.6) is 5.75 Å². The summed E-state index contributed by atoms with van der Waals surface area (Å²) in [7, 11) is 3.95. The number of thioether (sulfide) groups is 1. The number of carbonyl (C=O) groups is 2. The summed E-state index contributed by atoms with van der Waals surface area (Å²) in [5.74, 6) is 0.106. The van der Waals surface area contributed by atoms with Crippen LogP contribution >= 0.6 is 11.8 Å². The van der Waals surface area contributed by atoms with Gasteiger partial charge in [-0.2, -0.15) is 5.26 Å². The van der Waals surface area contributed by atoms with Crippen LogP contribution in [0, 0.1) is 11.5 Å². The zero-order chi connectivity index (χ0) is 28.5. The molecule has 0 saturated carbocycles. The molecule has 3 aromatic rings. The highest BCUT2D eigenvalue weighted by molar-refractivity contribution is 7.98. The minimum Gasteiger partial charge on any atom is -0.493 e. The van der Waals surface area contributed by atoms with Gasteiger partial charge in [0.05, 0.1) is 18.9 Å². The van der Waals surface area contributed by atoms with Crippen LogP contribution in [0.4, 0.5) is 5.69 Å². The molecule has 3 rings (SSSR count). The number of rotatable bonds is 11. The number of nitriles is 1. The standard InChI is InChI=1S/C23H27N7O2S.C2H2O4/c1-30(2)13-12-25-23(26-17-24)27-19-10-8-18(9-11-19)22-29-28-21(32-22)16-33-15-14-31-20-6-4-3-5-7-20;3-1(4)2(5)6/h3-11H,12-16H2,1-2H3,(H2,25,26,27);(H,3,4)(H,5,6). The molecule has 0 spiro atoms. The highest BCUT2D eigenvalue weighted by Gasteiger charge is 2.09. The third-order valence-electron chi connectivity index (χ3n) is 4.50. The number of para-hydroxylation sites is 1. The number of benzene rings is 2. The van der Waals surface area contributed by atoms with Crippen LogP contribution in [-0.4, -0.2) is 82.8 Å². The molecule has 1 heterocycles. The number of hydrogen-bond acceptors (Lipinski definition) is 10. The molecule has 13 nitrogen and oxygen atoms in total. The van der Waals surface area contributed by atoms with Crippen molar-refractivity contribution in [2.24, 2.45) is 4.99 Å². The molecule has 0 aliphatic rings. The Hall–Kier alpha value is -4.61. The lowest BCUT2D eigenvalue weighted by Crippen LogP contribution is -2.28. The van der Waals surface area contributed by atoms with E-state index >= 15 is 0 Å². The largest absolute Gasteiger partial charge is 0.493 e. The Bertz CT molecular complexity index is 1230. The second-order valence-electron chi connectivity index (χ2n) is 7.80. The smallest absolute Gasteiger partial charge is 0.414 e. The van der Waals surface area contributed by atoms with E-state index in [4.69, 9.17) is 34.2 Å². The van der Waals surface area contributed by atoms with Crippen LogP contribution in [0.25, 0.3) is 11.5 Å². The van der Waals surface area contributed by atoms with E-state index in [1.54, 1.807) is 11.8 Å². The van der Waals surface area contributed by atoms with E-state index in [1.165, 1.54) is 0 Å². The summed E-state index contributed by atoms with van der Waals surface area (Å²) in [5.41, 5.74) is 1.61. The molecule has 1 aromatic heterocycles. The lowest BCUT2D eigenvalue weighted by molar-refractivity contribution is -0.159. The van der Waals surface area contributed by atoms with Gasteiger partial charge in [0.1, 0.15) is 5.75 Å². The molecule has 0 fully saturated rings. The molecule has 0 amide bonds. The first-order valence-corrected chi connectivity index (χ1v) is 12.7. The van der Waals surface area contributed by atoms with Crippen molar-refractivity contribution in [3.05, 3.63) is 60.5 Å². The molecule has 0 bridgehead atoms. The average molecular weight is 556 g/mol. The Morgan fingerprint density at radius 1 is 1.10 bits per heavy atom. The van der Waals surface area contributed by atoms with Crippen LogP contribution in [0.15, 0.2) is 64.0 Å². The third-order valence-corrected chi connectivity index (χ3v) is 5.41. The van der Waals surface area contributed by atoms with E-state index in [0.29, 0.717) is 36.6 Å². The van der Waals surface area contributed by atoms with E-state index in [-0.39, 0.29) is 0 Å². The predicted molar refractivity (Wildman–Crippen MR) is 146 cm³/mol. The van der Waals surface area contributed by atoms with Crippen LogP contribution in [0.2, 0.25) is 0 Å². The summed E-state index contributed by atoms with van der Waals surface area (Å²) in [6.45, 7) is 1.98. The maximum absolute atomic E-state index is 9.10. The highest BCUT2D eigenvalue weighted by Crippen LogP contribution is 2.22. The molecule has 0 aliphatic carbocycles. The SMILES string of the molecule is CN(C)CCN=C(NC#N)Nc1ccc(-c2nnc(CSCCOc3ccccc3)o2)cc1.O=C(O)C(=O)O. The van der Waals surface area contributed by atoms with Crippen molar-refractivity contribution in [2.75, 3.05) is 44.9 Å². The Kier molecular flexibility index (Phi) is 13.3. The van der Waals surface area contributed by atoms with E-state index in [9.17, 15) is 0 Å². The molecule has 4 N–H and O–H groups in total. The first kappa shape index (κ1) is 30.6. The Morgan fingerprint density at radius 2 is 1.79 bits per heavy atom. The normalized spacial score (nSPS) is 10.7. The molecule has 0 atom stereocenters. The monoisotopic (exact) mass is 555 g/mol. The molecule has 2 aromatic carbocycles. The van der Waals surface area contributed by atoms with Crippen molar-refractivity contribution in [1.29, 1.82) is 5.26 Å². The van der Waals surface area contributed by atoms with Crippen LogP contribution in [-0.2, 0) is 15.3 Å². The molecular formula is C25H29N7O6S. The number of carboxylic acids is 2. The number of aliphatic imine (C=N–C) groups is 1. The van der Waals surface area contributed by atoms with Crippen molar-refractivity contribution >= 4 is 35.3 Å². The Labute approximate surface area is 229 Å². The molecule has 0 saturated heterocycles. The minimum absolute atomic E-state index is 0.403. The number of ether oxygens (including phenoxy) is 1. The molecule has 0 unspecified atom stereocenters. The maximum atomic E-state index is 9.10. The van der Waals surface area contributed by atoms with Gasteiger partial charge < -0.3 is 29.6 Å². The van der Waals surface area contributed by atoms with Crippen molar-refractivity contribution in [3.8, 4) is 23.4 Å². The molecule has 0 aliphatic heterocycles. The zero-order valence-electron chi connectivity index (χ0n) is 21.4. The van der Waals surface area contributed by atoms with E-state index in [0.717, 1.165) is 29.3 Å². The second-order valence-corrected chi connectivity index (χ2v) is 8.90. The van der Waals surface area contributed by atoms with Crippen LogP contribution < -0.4 is 15.4 Å². The fraction of sp³-hybridized carbons (Fsp3) is 0.280. The summed E-state index contributed by atoms with van der Waals surface area (Å²) >= 11 is 1.68. The maximum Gasteiger partial charge on any atom is 0.414 e. The van der Waals surface area contributed by atoms with Gasteiger partial charge >= 0.3 is 11.9 Å². The number of likely N-dealkylation sites (N-methyl/N-ethyl adjacent to an activating group) is 1. The summed E-state index contributed by atoms with van der Waals surface area (Å²) in [4.78, 5) is 24.6. The quantitative estimate of drug-likeness (QED) is 0.0676. The predicted octanol–water partition coefficient (Wildman–Crippen LogP) is 2.60. The summed E-state index contributed by atoms with van der Waals surface area (Å²) < 4.78 is 11.5. The molecule has 0 radical (unpaired) electrons. The first-order valence-electron chi connectivity index (χ1n) is 11.5. The number of guanidine groups is 1. The van der Waals surface area contributed by atoms with E-state index in [1.807, 2.05) is 79.8 Å². The Balaban J connectivity index is 0.000000798. The number of aliphatic carboxylic acids is 2. The fourth-order valence-corrected chi connectivity index (χ4v) is 3.32. The lowest BCUT2D eigenvalue weighted by atomic mass is 10.2. The van der Waals surface area contributed by atoms with Gasteiger partial charge in [0.25, 0.3) is 0 Å². The van der Waals surface area contributed by atoms with Gasteiger partial charge in [-0.05, 0) is 50.5 Å². The van der Waals surface area contributed by atoms with Gasteiger partial charge in [-0.25, -0.2) is 9.59 Å². The number of aromatic nitrogens is 2. The topological polar surface area (TPSA) is 186 Å². The number of nitrogens with one attached hydrogen (secondary N) is 2. The van der Waals surface area contributed by atoms with E-state index < -0.39 is 11.9 Å². The number of carboxylic acid groups (broad SMARTS) is 2. The summed E-state index contributed by atoms with van der Waals surface area (Å²) in [5, 5.41) is 37.7. The van der Waals surface area contributed by atoms with Crippen molar-refractivity contribution < 1.29 is 29.0 Å². The van der Waals surface area contributed by atoms with Gasteiger partial charge in [0, 0.05) is 23.5 Å². The van der Waals surface area contributed by atoms with Crippen molar-refractivity contribution in [3.63, 3.8) is 0 Å². The number of anilines is 1. The average Bonchev–Trinajstić information content (AvgIpc) is 3.39. The fourth-order valence-electron chi connectivity index (χ4n) is 2.68. The number of hydrogen-bond donors (Lipinski definition) is 4. The van der Waals surface area contributed by atoms with Gasteiger partial charge in [0.2, 0.25) is 17.7 Å². The van der Waals surface area contributed by atoms with Crippen molar-refractivity contribution in [1.82, 2.24) is 20.4 Å². The van der Waals surface area contributed by atoms with Crippen LogP contribution in [0.3, 0.4) is 0 Å². The minimum atomic E-state index is -1.82. The zero-order valence-corrected chi connectivity index (χ0v) is 22.2. The lowest BCUT2D eigenvalue weighted by Gasteiger charge is -2.10. The summed E-state index contributed by atoms with van der Waals surface area (Å²) in [6.07, 6.45) is 1.90. The molecule has 14 heteroatoms. The second kappa shape index (κ2) is 17.0. The first-order chi connectivity index (χ1) is 18.8. The summed E-state index contributed by atoms with van der Waals surface area (Å²) in [6, 6.07) is 17.2. The molecular weight excluding hydrogens is 526 g/mol. The third kappa shape index (κ3) is 12.5. The van der Waals surface area contributed by atoms with Gasteiger partial charge in [-0.3, -0.25) is 10.3 Å². The van der Waals surface area contributed by atoms with Gasteiger partial charge in [-0.15, -0.1) is 22.0 Å². The highest BCUT2D eigenvalue weighted by atomic mass is 32.2. The van der Waals surface area contributed by atoms with Gasteiger partial charge in [0.15, 0.2) is 6.19 Å². The molecule has 206 valence electrons. The Morgan fingerprint density at radius 3 is 2.41 bits per heavy atom. The van der Waals surface area contributed by atoms with Gasteiger partial charge in [-0.1, -0.05) is 18.2 Å².